The zero-order valence-corrected chi connectivity index (χ0v) is 15.3. The Morgan fingerprint density at radius 1 is 1.31 bits per heavy atom. The number of carbonyl (C=O) groups is 2. The number of carboxylic acids is 1. The largest absolute Gasteiger partial charge is 0.507 e. The van der Waals surface area contributed by atoms with E-state index in [-0.39, 0.29) is 27.6 Å². The minimum atomic E-state index is -4.64. The van der Waals surface area contributed by atoms with Gasteiger partial charge in [0.25, 0.3) is 0 Å². The molecule has 4 N–H and O–H groups in total. The van der Waals surface area contributed by atoms with Crippen LogP contribution in [0.5, 0.6) is 5.75 Å². The first-order chi connectivity index (χ1) is 13.4. The molecule has 12 heteroatoms. The zero-order valence-electron chi connectivity index (χ0n) is 14.5. The van der Waals surface area contributed by atoms with Crippen molar-refractivity contribution in [1.29, 1.82) is 0 Å². The van der Waals surface area contributed by atoms with E-state index >= 15 is 0 Å². The molecule has 0 spiro atoms. The van der Waals surface area contributed by atoms with E-state index in [0.29, 0.717) is 11.3 Å². The average Bonchev–Trinajstić information content (AvgIpc) is 3.03. The van der Waals surface area contributed by atoms with Crippen molar-refractivity contribution in [3.63, 3.8) is 0 Å². The van der Waals surface area contributed by atoms with Crippen LogP contribution in [0.15, 0.2) is 29.1 Å². The monoisotopic (exact) mass is 427 g/mol. The van der Waals surface area contributed by atoms with Gasteiger partial charge in [-0.25, -0.2) is 4.79 Å². The van der Waals surface area contributed by atoms with Crippen LogP contribution in [-0.4, -0.2) is 32.2 Å². The summed E-state index contributed by atoms with van der Waals surface area (Å²) in [4.78, 5) is 35.0. The molecule has 1 atom stereocenters. The van der Waals surface area contributed by atoms with Gasteiger partial charge in [0.05, 0.1) is 11.3 Å². The number of aryl methyl sites for hydroxylation is 1. The van der Waals surface area contributed by atoms with E-state index in [0.717, 1.165) is 10.7 Å². The number of rotatable bonds is 4. The van der Waals surface area contributed by atoms with Crippen molar-refractivity contribution in [1.82, 2.24) is 9.78 Å². The molecule has 0 amide bonds. The number of carboxylic acid groups (broad SMARTS) is 1. The normalized spacial score (nSPS) is 14.0. The van der Waals surface area contributed by atoms with E-state index in [1.807, 2.05) is 0 Å². The number of aliphatic carboxylic acids is 1. The van der Waals surface area contributed by atoms with Gasteiger partial charge in [0.2, 0.25) is 10.3 Å². The maximum atomic E-state index is 12.9. The number of aromatic hydroxyl groups is 1. The predicted molar refractivity (Wildman–Crippen MR) is 96.5 cm³/mol. The van der Waals surface area contributed by atoms with Crippen LogP contribution in [0.25, 0.3) is 21.3 Å². The van der Waals surface area contributed by atoms with Gasteiger partial charge in [-0.3, -0.25) is 9.48 Å². The number of hydrogen-bond donors (Lipinski definition) is 3. The van der Waals surface area contributed by atoms with E-state index in [1.54, 1.807) is 0 Å². The molecule has 0 bridgehead atoms. The Hall–Kier alpha value is -3.25. The summed E-state index contributed by atoms with van der Waals surface area (Å²) in [5, 5.41) is 23.0. The molecular formula is C17H12F3N3O5S. The van der Waals surface area contributed by atoms with Gasteiger partial charge >= 0.3 is 12.1 Å². The Kier molecular flexibility index (Phi) is 4.71. The van der Waals surface area contributed by atoms with Gasteiger partial charge in [0, 0.05) is 22.7 Å². The minimum absolute atomic E-state index is 0.0180. The van der Waals surface area contributed by atoms with Crippen LogP contribution in [0.3, 0.4) is 0 Å². The third-order valence-corrected chi connectivity index (χ3v) is 5.25. The number of fused-ring (bicyclic) bond motifs is 1. The number of aromatic nitrogens is 2. The van der Waals surface area contributed by atoms with Crippen molar-refractivity contribution in [2.24, 2.45) is 12.8 Å². The number of benzene rings is 1. The molecule has 29 heavy (non-hydrogen) atoms. The number of halogens is 3. The van der Waals surface area contributed by atoms with E-state index in [1.165, 1.54) is 25.2 Å². The van der Waals surface area contributed by atoms with Gasteiger partial charge in [0.1, 0.15) is 5.75 Å². The lowest BCUT2D eigenvalue weighted by Gasteiger charge is -2.19. The Morgan fingerprint density at radius 2 is 1.97 bits per heavy atom. The van der Waals surface area contributed by atoms with Crippen LogP contribution >= 0.6 is 11.3 Å². The first-order valence-electron chi connectivity index (χ1n) is 7.80. The minimum Gasteiger partial charge on any atom is -0.507 e. The first-order valence-corrected chi connectivity index (χ1v) is 8.62. The van der Waals surface area contributed by atoms with Gasteiger partial charge in [-0.2, -0.15) is 18.3 Å². The summed E-state index contributed by atoms with van der Waals surface area (Å²) in [5.41, 5.74) is 1.26. The lowest BCUT2D eigenvalue weighted by Crippen LogP contribution is -2.49. The van der Waals surface area contributed by atoms with Crippen molar-refractivity contribution in [3.05, 3.63) is 45.1 Å². The van der Waals surface area contributed by atoms with Crippen LogP contribution in [0, 0.1) is 0 Å². The molecule has 1 unspecified atom stereocenters. The SMILES string of the molecule is Cn1nc(C(F)(F)F)cc1-c1ccc2c(O)c(C(N)(C=O)C(=O)O)c(=O)sc2c1. The van der Waals surface area contributed by atoms with Crippen molar-refractivity contribution in [2.75, 3.05) is 0 Å². The summed E-state index contributed by atoms with van der Waals surface area (Å²) >= 11 is 0.500. The summed E-state index contributed by atoms with van der Waals surface area (Å²) in [6.07, 6.45) is -4.80. The van der Waals surface area contributed by atoms with Crippen molar-refractivity contribution in [2.45, 2.75) is 11.7 Å². The molecule has 152 valence electrons. The average molecular weight is 427 g/mol. The molecule has 2 heterocycles. The molecule has 0 aliphatic carbocycles. The smallest absolute Gasteiger partial charge is 0.435 e. The highest BCUT2D eigenvalue weighted by molar-refractivity contribution is 7.16. The highest BCUT2D eigenvalue weighted by Crippen LogP contribution is 2.37. The summed E-state index contributed by atoms with van der Waals surface area (Å²) in [7, 11) is 1.32. The quantitative estimate of drug-likeness (QED) is 0.427. The third-order valence-electron chi connectivity index (χ3n) is 4.30. The summed E-state index contributed by atoms with van der Waals surface area (Å²) < 4.78 is 38.8. The van der Waals surface area contributed by atoms with Gasteiger partial charge < -0.3 is 20.7 Å². The molecule has 0 fully saturated rings. The number of nitrogens with zero attached hydrogens (tertiary/aromatic N) is 2. The molecule has 8 nitrogen and oxygen atoms in total. The lowest BCUT2D eigenvalue weighted by atomic mass is 9.93. The summed E-state index contributed by atoms with van der Waals surface area (Å²) in [6, 6.07) is 4.83. The van der Waals surface area contributed by atoms with Crippen LogP contribution in [-0.2, 0) is 28.4 Å². The fraction of sp³-hybridized carbons (Fsp3) is 0.176. The Balaban J connectivity index is 2.23. The molecule has 3 aromatic rings. The topological polar surface area (TPSA) is 136 Å². The second-order valence-electron chi connectivity index (χ2n) is 6.15. The van der Waals surface area contributed by atoms with Crippen LogP contribution in [0.4, 0.5) is 13.2 Å². The molecular weight excluding hydrogens is 415 g/mol. The number of carbonyl (C=O) groups excluding carboxylic acids is 1. The molecule has 0 radical (unpaired) electrons. The number of aldehydes is 1. The van der Waals surface area contributed by atoms with Crippen LogP contribution in [0.1, 0.15) is 11.3 Å². The van der Waals surface area contributed by atoms with E-state index < -0.39 is 39.4 Å². The van der Waals surface area contributed by atoms with E-state index in [9.17, 15) is 37.8 Å². The fourth-order valence-electron chi connectivity index (χ4n) is 2.80. The maximum absolute atomic E-state index is 12.9. The molecule has 0 saturated carbocycles. The predicted octanol–water partition coefficient (Wildman–Crippen LogP) is 1.82. The highest BCUT2D eigenvalue weighted by Gasteiger charge is 2.41. The van der Waals surface area contributed by atoms with Gasteiger partial charge in [-0.05, 0) is 18.2 Å². The van der Waals surface area contributed by atoms with Crippen LogP contribution < -0.4 is 10.5 Å². The molecule has 1 aromatic carbocycles. The molecule has 0 aliphatic rings. The van der Waals surface area contributed by atoms with Crippen molar-refractivity contribution < 1.29 is 33.0 Å². The van der Waals surface area contributed by atoms with E-state index in [2.05, 4.69) is 5.10 Å². The van der Waals surface area contributed by atoms with E-state index in [4.69, 9.17) is 5.73 Å². The van der Waals surface area contributed by atoms with Gasteiger partial charge in [-0.1, -0.05) is 17.4 Å². The number of nitrogens with two attached hydrogens (primary N) is 1. The number of alkyl halides is 3. The zero-order chi connectivity index (χ0) is 21.7. The standard InChI is InChI=1S/C17H12F3N3O5S/c1-23-9(5-11(22-23)17(18,19)20)7-2-3-8-10(4-7)29-14(26)12(13(8)25)16(21,6-24)15(27)28/h2-6,25H,21H2,1H3,(H,27,28). The van der Waals surface area contributed by atoms with Crippen molar-refractivity contribution >= 4 is 33.7 Å². The molecule has 0 saturated heterocycles. The fourth-order valence-corrected chi connectivity index (χ4v) is 3.83. The number of hydrogen-bond acceptors (Lipinski definition) is 7. The highest BCUT2D eigenvalue weighted by atomic mass is 32.1. The molecule has 0 aliphatic heterocycles. The Bertz CT molecular complexity index is 1220. The second kappa shape index (κ2) is 6.67. The summed E-state index contributed by atoms with van der Waals surface area (Å²) in [5.74, 6) is -2.61. The second-order valence-corrected chi connectivity index (χ2v) is 7.17. The lowest BCUT2D eigenvalue weighted by molar-refractivity contribution is -0.146. The van der Waals surface area contributed by atoms with Gasteiger partial charge in [0.15, 0.2) is 12.0 Å². The van der Waals surface area contributed by atoms with Gasteiger partial charge in [-0.15, -0.1) is 0 Å². The molecule has 2 aromatic heterocycles. The third kappa shape index (κ3) is 3.25. The first kappa shape index (κ1) is 20.5. The molecule has 3 rings (SSSR count). The summed E-state index contributed by atoms with van der Waals surface area (Å²) in [6.45, 7) is 0. The Morgan fingerprint density at radius 3 is 2.48 bits per heavy atom. The maximum Gasteiger partial charge on any atom is 0.435 e. The van der Waals surface area contributed by atoms with Crippen LogP contribution in [0.2, 0.25) is 0 Å². The Labute approximate surface area is 163 Å². The van der Waals surface area contributed by atoms with Crippen molar-refractivity contribution in [3.8, 4) is 17.0 Å².